The van der Waals surface area contributed by atoms with Gasteiger partial charge in [-0.2, -0.15) is 0 Å². The zero-order chi connectivity index (χ0) is 14.5. The lowest BCUT2D eigenvalue weighted by Gasteiger charge is -2.31. The van der Waals surface area contributed by atoms with Crippen molar-refractivity contribution in [3.63, 3.8) is 0 Å². The molecule has 3 rings (SSSR count). The van der Waals surface area contributed by atoms with E-state index in [9.17, 15) is 4.79 Å². The van der Waals surface area contributed by atoms with Crippen LogP contribution < -0.4 is 5.32 Å². The van der Waals surface area contributed by atoms with Crippen LogP contribution in [0, 0.1) is 0 Å². The van der Waals surface area contributed by atoms with E-state index in [2.05, 4.69) is 22.6 Å². The summed E-state index contributed by atoms with van der Waals surface area (Å²) in [6.07, 6.45) is 3.18. The topological polar surface area (TPSA) is 41.6 Å². The number of nitrogens with zero attached hydrogens (tertiary/aromatic N) is 1. The van der Waals surface area contributed by atoms with E-state index in [-0.39, 0.29) is 6.09 Å². The fourth-order valence-corrected chi connectivity index (χ4v) is 4.44. The average Bonchev–Trinajstić information content (AvgIpc) is 2.79. The molecular formula is C15H22N2O2S. The van der Waals surface area contributed by atoms with Gasteiger partial charge in [0.15, 0.2) is 0 Å². The second-order valence-corrected chi connectivity index (χ2v) is 7.65. The van der Waals surface area contributed by atoms with E-state index in [1.165, 1.54) is 23.3 Å². The van der Waals surface area contributed by atoms with Crippen LogP contribution in [-0.4, -0.2) is 29.7 Å². The Bertz CT molecular complexity index is 532. The molecule has 1 aromatic heterocycles. The van der Waals surface area contributed by atoms with Crippen molar-refractivity contribution in [1.82, 2.24) is 4.90 Å². The Labute approximate surface area is 124 Å². The number of hydrogen-bond donors (Lipinski definition) is 1. The van der Waals surface area contributed by atoms with Crippen LogP contribution in [0.25, 0.3) is 0 Å². The lowest BCUT2D eigenvalue weighted by Crippen LogP contribution is -2.34. The molecule has 1 aromatic rings. The lowest BCUT2D eigenvalue weighted by molar-refractivity contribution is 0.0635. The third-order valence-corrected chi connectivity index (χ3v) is 5.27. The fraction of sp³-hybridized carbons (Fsp3) is 0.667. The van der Waals surface area contributed by atoms with E-state index >= 15 is 0 Å². The maximum absolute atomic E-state index is 11.9. The quantitative estimate of drug-likeness (QED) is 0.857. The molecule has 2 aliphatic heterocycles. The van der Waals surface area contributed by atoms with Gasteiger partial charge in [-0.05, 0) is 52.6 Å². The van der Waals surface area contributed by atoms with Crippen molar-refractivity contribution >= 4 is 23.1 Å². The van der Waals surface area contributed by atoms with Gasteiger partial charge in [-0.25, -0.2) is 4.79 Å². The molecule has 0 radical (unpaired) electrons. The van der Waals surface area contributed by atoms with Crippen LogP contribution >= 0.6 is 11.3 Å². The zero-order valence-corrected chi connectivity index (χ0v) is 13.3. The normalized spacial score (nSPS) is 25.4. The number of amides is 1. The van der Waals surface area contributed by atoms with Gasteiger partial charge in [0.1, 0.15) is 5.60 Å². The van der Waals surface area contributed by atoms with E-state index in [4.69, 9.17) is 4.74 Å². The molecule has 0 spiro atoms. The summed E-state index contributed by atoms with van der Waals surface area (Å²) in [4.78, 5) is 15.8. The van der Waals surface area contributed by atoms with Gasteiger partial charge < -0.3 is 4.74 Å². The zero-order valence-electron chi connectivity index (χ0n) is 12.5. The van der Waals surface area contributed by atoms with Gasteiger partial charge in [-0.1, -0.05) is 0 Å². The summed E-state index contributed by atoms with van der Waals surface area (Å²) < 4.78 is 5.34. The van der Waals surface area contributed by atoms with Crippen molar-refractivity contribution in [2.24, 2.45) is 0 Å². The van der Waals surface area contributed by atoms with Crippen LogP contribution in [0.4, 0.5) is 10.5 Å². The first kappa shape index (κ1) is 13.9. The first-order chi connectivity index (χ1) is 9.35. The molecule has 3 heterocycles. The van der Waals surface area contributed by atoms with Crippen LogP contribution in [0.5, 0.6) is 0 Å². The largest absolute Gasteiger partial charge is 0.444 e. The molecule has 2 atom stereocenters. The molecule has 1 saturated heterocycles. The molecule has 5 heteroatoms. The van der Waals surface area contributed by atoms with Crippen LogP contribution in [0.3, 0.4) is 0 Å². The maximum atomic E-state index is 11.9. The Morgan fingerprint density at radius 2 is 2.20 bits per heavy atom. The van der Waals surface area contributed by atoms with Crippen molar-refractivity contribution < 1.29 is 9.53 Å². The minimum absolute atomic E-state index is 0.357. The molecule has 20 heavy (non-hydrogen) atoms. The summed E-state index contributed by atoms with van der Waals surface area (Å²) >= 11 is 1.76. The number of fused-ring (bicyclic) bond motifs is 4. The smallest absolute Gasteiger partial charge is 0.412 e. The second-order valence-electron chi connectivity index (χ2n) is 6.74. The summed E-state index contributed by atoms with van der Waals surface area (Å²) in [7, 11) is 2.21. The van der Waals surface area contributed by atoms with Crippen molar-refractivity contribution in [3.8, 4) is 0 Å². The van der Waals surface area contributed by atoms with Gasteiger partial charge in [-0.3, -0.25) is 10.2 Å². The summed E-state index contributed by atoms with van der Waals surface area (Å²) in [6, 6.07) is 1.17. The van der Waals surface area contributed by atoms with Gasteiger partial charge in [-0.15, -0.1) is 11.3 Å². The van der Waals surface area contributed by atoms with E-state index in [1.54, 1.807) is 11.3 Å². The van der Waals surface area contributed by atoms with Gasteiger partial charge in [0.2, 0.25) is 0 Å². The van der Waals surface area contributed by atoms with Crippen LogP contribution in [0.15, 0.2) is 5.38 Å². The van der Waals surface area contributed by atoms with Gasteiger partial charge in [0, 0.05) is 22.3 Å². The van der Waals surface area contributed by atoms with Gasteiger partial charge in [0.25, 0.3) is 0 Å². The molecule has 0 aliphatic carbocycles. The summed E-state index contributed by atoms with van der Waals surface area (Å²) in [5.74, 6) is 0. The fourth-order valence-electron chi connectivity index (χ4n) is 3.22. The molecule has 0 saturated carbocycles. The molecule has 110 valence electrons. The number of hydrogen-bond acceptors (Lipinski definition) is 4. The van der Waals surface area contributed by atoms with Crippen molar-refractivity contribution in [2.75, 3.05) is 12.4 Å². The minimum Gasteiger partial charge on any atom is -0.444 e. The third-order valence-electron chi connectivity index (χ3n) is 4.15. The number of nitrogens with one attached hydrogen (secondary N) is 1. The molecule has 1 amide bonds. The highest BCUT2D eigenvalue weighted by atomic mass is 32.1. The number of rotatable bonds is 1. The van der Waals surface area contributed by atoms with E-state index in [1.807, 2.05) is 20.8 Å². The summed E-state index contributed by atoms with van der Waals surface area (Å²) in [6.45, 7) is 5.64. The number of carbonyl (C=O) groups excluding carboxylic acids is 1. The first-order valence-electron chi connectivity index (χ1n) is 7.17. The molecular weight excluding hydrogens is 272 g/mol. The molecule has 2 bridgehead atoms. The summed E-state index contributed by atoms with van der Waals surface area (Å²) in [5, 5.41) is 4.98. The Balaban J connectivity index is 1.78. The number of anilines is 1. The van der Waals surface area contributed by atoms with Crippen molar-refractivity contribution in [2.45, 2.75) is 57.7 Å². The molecule has 4 nitrogen and oxygen atoms in total. The second kappa shape index (κ2) is 4.74. The minimum atomic E-state index is -0.459. The molecule has 1 fully saturated rings. The number of thiophene rings is 1. The Morgan fingerprint density at radius 1 is 1.45 bits per heavy atom. The molecule has 2 unspecified atom stereocenters. The van der Waals surface area contributed by atoms with Gasteiger partial charge in [0.05, 0.1) is 5.69 Å². The van der Waals surface area contributed by atoms with Crippen LogP contribution in [-0.2, 0) is 11.2 Å². The van der Waals surface area contributed by atoms with E-state index in [0.29, 0.717) is 12.1 Å². The third kappa shape index (κ3) is 2.44. The van der Waals surface area contributed by atoms with Crippen LogP contribution in [0.2, 0.25) is 0 Å². The Morgan fingerprint density at radius 3 is 2.90 bits per heavy atom. The van der Waals surface area contributed by atoms with Crippen molar-refractivity contribution in [3.05, 3.63) is 15.8 Å². The summed E-state index contributed by atoms with van der Waals surface area (Å²) in [5.41, 5.74) is 1.81. The first-order valence-corrected chi connectivity index (χ1v) is 8.05. The van der Waals surface area contributed by atoms with Gasteiger partial charge >= 0.3 is 6.09 Å². The van der Waals surface area contributed by atoms with E-state index < -0.39 is 5.60 Å². The van der Waals surface area contributed by atoms with Crippen molar-refractivity contribution in [1.29, 1.82) is 0 Å². The highest BCUT2D eigenvalue weighted by molar-refractivity contribution is 7.10. The van der Waals surface area contributed by atoms with E-state index in [0.717, 1.165) is 12.1 Å². The maximum Gasteiger partial charge on any atom is 0.412 e. The molecule has 2 aliphatic rings. The predicted octanol–water partition coefficient (Wildman–Crippen LogP) is 3.79. The highest BCUT2D eigenvalue weighted by Gasteiger charge is 2.39. The Hall–Kier alpha value is -1.07. The average molecular weight is 294 g/mol. The molecule has 1 N–H and O–H groups in total. The Kier molecular flexibility index (Phi) is 3.29. The predicted molar refractivity (Wildman–Crippen MR) is 81.4 cm³/mol. The molecule has 0 aromatic carbocycles. The standard InChI is InChI=1S/C15H22N2O2S/c1-15(2,3)19-14(18)16-11-8-20-13-10(11)7-9-5-6-12(13)17(9)4/h8-9,12H,5-7H2,1-4H3,(H,16,18). The SMILES string of the molecule is CN1C2CCC1c1scc(NC(=O)OC(C)(C)C)c1C2. The number of ether oxygens (including phenoxy) is 1. The monoisotopic (exact) mass is 294 g/mol. The van der Waals surface area contributed by atoms with Crippen LogP contribution in [0.1, 0.15) is 50.1 Å². The number of likely N-dealkylation sites (N-methyl/N-ethyl adjacent to an activating group) is 1. The lowest BCUT2D eigenvalue weighted by atomic mass is 10.0. The highest BCUT2D eigenvalue weighted by Crippen LogP contribution is 2.47. The number of carbonyl (C=O) groups is 1.